The van der Waals surface area contributed by atoms with Crippen molar-refractivity contribution >= 4 is 0 Å². The van der Waals surface area contributed by atoms with Gasteiger partial charge in [0.1, 0.15) is 0 Å². The fourth-order valence-corrected chi connectivity index (χ4v) is 3.55. The van der Waals surface area contributed by atoms with Crippen LogP contribution in [0.1, 0.15) is 116 Å². The van der Waals surface area contributed by atoms with Crippen molar-refractivity contribution in [3.63, 3.8) is 0 Å². The van der Waals surface area contributed by atoms with E-state index in [1.54, 1.807) is 0 Å². The van der Waals surface area contributed by atoms with Crippen molar-refractivity contribution in [2.45, 2.75) is 149 Å². The lowest BCUT2D eigenvalue weighted by molar-refractivity contribution is -0.167. The van der Waals surface area contributed by atoms with Gasteiger partial charge in [0.2, 0.25) is 0 Å². The van der Waals surface area contributed by atoms with Crippen LogP contribution in [0.2, 0.25) is 0 Å². The fourth-order valence-electron chi connectivity index (χ4n) is 3.55. The number of rotatable bonds is 25. The molecule has 0 N–H and O–H groups in total. The number of ether oxygens (including phenoxy) is 6. The minimum Gasteiger partial charge on any atom is -0.375 e. The van der Waals surface area contributed by atoms with Crippen LogP contribution < -0.4 is 0 Å². The summed E-state index contributed by atoms with van der Waals surface area (Å²) >= 11 is 0. The molecule has 0 aromatic heterocycles. The van der Waals surface area contributed by atoms with Crippen LogP contribution in [0.5, 0.6) is 0 Å². The van der Waals surface area contributed by atoms with E-state index in [1.165, 1.54) is 0 Å². The smallest absolute Gasteiger partial charge is 0.0803 e. The van der Waals surface area contributed by atoms with Crippen LogP contribution in [0, 0.1) is 5.41 Å². The van der Waals surface area contributed by atoms with Gasteiger partial charge in [0.25, 0.3) is 0 Å². The van der Waals surface area contributed by atoms with E-state index in [1.807, 2.05) is 59.8 Å². The standard InChI is InChI=1S/C36H68O6/c1-17-30(5,6)37-24-21-33(11,12)40-27-36(20-4,28-41-34(13,14)22-25-38-31(7,8)18-2)29-42-35(15,16)23-26-39-32(9,10)19-3/h17-19H,1-3,20-29H2,4-16H3. The molecular formula is C36H68O6. The highest BCUT2D eigenvalue weighted by Crippen LogP contribution is 2.32. The van der Waals surface area contributed by atoms with E-state index in [9.17, 15) is 0 Å². The summed E-state index contributed by atoms with van der Waals surface area (Å²) in [4.78, 5) is 0. The first-order valence-corrected chi connectivity index (χ1v) is 15.7. The minimum atomic E-state index is -0.378. The SMILES string of the molecule is C=CC(C)(C)OCCC(C)(C)OCC(CC)(COC(C)(C)CCOC(C)(C)C=C)COC(C)(C)CCOC(C)(C)C=C. The van der Waals surface area contributed by atoms with Crippen molar-refractivity contribution in [1.82, 2.24) is 0 Å². The highest BCUT2D eigenvalue weighted by molar-refractivity contribution is 4.91. The first kappa shape index (κ1) is 41.0. The van der Waals surface area contributed by atoms with Crippen LogP contribution in [-0.4, -0.2) is 73.2 Å². The Labute approximate surface area is 260 Å². The van der Waals surface area contributed by atoms with Crippen molar-refractivity contribution in [2.24, 2.45) is 5.41 Å². The lowest BCUT2D eigenvalue weighted by Gasteiger charge is -2.41. The summed E-state index contributed by atoms with van der Waals surface area (Å²) in [6.07, 6.45) is 8.60. The molecule has 0 heterocycles. The van der Waals surface area contributed by atoms with Crippen molar-refractivity contribution in [1.29, 1.82) is 0 Å². The molecular weight excluding hydrogens is 528 g/mol. The summed E-state index contributed by atoms with van der Waals surface area (Å²) in [5.74, 6) is 0. The molecule has 0 fully saturated rings. The topological polar surface area (TPSA) is 55.4 Å². The van der Waals surface area contributed by atoms with Gasteiger partial charge in [-0.25, -0.2) is 0 Å². The van der Waals surface area contributed by atoms with Gasteiger partial charge in [0.15, 0.2) is 0 Å². The van der Waals surface area contributed by atoms with Crippen LogP contribution in [0.4, 0.5) is 0 Å². The largest absolute Gasteiger partial charge is 0.375 e. The summed E-state index contributed by atoms with van der Waals surface area (Å²) in [5, 5.41) is 0. The summed E-state index contributed by atoms with van der Waals surface area (Å²) in [6, 6.07) is 0. The summed E-state index contributed by atoms with van der Waals surface area (Å²) in [5.41, 5.74) is -2.56. The number of hydrogen-bond donors (Lipinski definition) is 0. The average molecular weight is 597 g/mol. The fraction of sp³-hybridized carbons (Fsp3) is 0.833. The quantitative estimate of drug-likeness (QED) is 0.0981. The summed E-state index contributed by atoms with van der Waals surface area (Å²) in [6.45, 7) is 41.8. The van der Waals surface area contributed by atoms with Crippen LogP contribution in [-0.2, 0) is 28.4 Å². The van der Waals surface area contributed by atoms with Gasteiger partial charge in [0, 0.05) is 5.41 Å². The average Bonchev–Trinajstić information content (AvgIpc) is 2.88. The molecule has 0 atom stereocenters. The van der Waals surface area contributed by atoms with Gasteiger partial charge in [-0.2, -0.15) is 0 Å². The Morgan fingerprint density at radius 3 is 0.857 bits per heavy atom. The van der Waals surface area contributed by atoms with E-state index in [0.29, 0.717) is 39.6 Å². The van der Waals surface area contributed by atoms with Crippen LogP contribution >= 0.6 is 0 Å². The third kappa shape index (κ3) is 17.9. The van der Waals surface area contributed by atoms with E-state index < -0.39 is 0 Å². The van der Waals surface area contributed by atoms with Crippen LogP contribution in [0.3, 0.4) is 0 Å². The third-order valence-corrected chi connectivity index (χ3v) is 8.07. The molecule has 0 spiro atoms. The molecule has 0 saturated heterocycles. The Balaban J connectivity index is 5.57. The first-order chi connectivity index (χ1) is 19.0. The molecule has 0 aromatic rings. The predicted molar refractivity (Wildman–Crippen MR) is 177 cm³/mol. The van der Waals surface area contributed by atoms with Gasteiger partial charge in [-0.15, -0.1) is 19.7 Å². The maximum absolute atomic E-state index is 6.61. The van der Waals surface area contributed by atoms with Crippen molar-refractivity contribution in [3.8, 4) is 0 Å². The monoisotopic (exact) mass is 597 g/mol. The van der Waals surface area contributed by atoms with Crippen molar-refractivity contribution in [3.05, 3.63) is 38.0 Å². The molecule has 0 amide bonds. The third-order valence-electron chi connectivity index (χ3n) is 8.07. The molecule has 6 heteroatoms. The molecule has 0 unspecified atom stereocenters. The second-order valence-corrected chi connectivity index (χ2v) is 15.2. The van der Waals surface area contributed by atoms with E-state index in [4.69, 9.17) is 28.4 Å². The van der Waals surface area contributed by atoms with Gasteiger partial charge >= 0.3 is 0 Å². The Hall–Kier alpha value is -1.02. The molecule has 248 valence electrons. The Morgan fingerprint density at radius 2 is 0.667 bits per heavy atom. The molecule has 0 aliphatic carbocycles. The zero-order chi connectivity index (χ0) is 32.9. The Bertz CT molecular complexity index is 703. The van der Waals surface area contributed by atoms with Crippen LogP contribution in [0.15, 0.2) is 38.0 Å². The lowest BCUT2D eigenvalue weighted by Crippen LogP contribution is -2.45. The molecule has 0 radical (unpaired) electrons. The van der Waals surface area contributed by atoms with Crippen molar-refractivity contribution in [2.75, 3.05) is 39.6 Å². The lowest BCUT2D eigenvalue weighted by atomic mass is 9.86. The zero-order valence-corrected chi connectivity index (χ0v) is 29.9. The molecule has 0 saturated carbocycles. The van der Waals surface area contributed by atoms with E-state index >= 15 is 0 Å². The second-order valence-electron chi connectivity index (χ2n) is 15.2. The highest BCUT2D eigenvalue weighted by Gasteiger charge is 2.37. The first-order valence-electron chi connectivity index (χ1n) is 15.7. The van der Waals surface area contributed by atoms with Gasteiger partial charge in [-0.05, 0) is 109 Å². The normalized spacial score (nSPS) is 14.2. The summed E-state index contributed by atoms with van der Waals surface area (Å²) in [7, 11) is 0. The van der Waals surface area contributed by atoms with Gasteiger partial charge < -0.3 is 28.4 Å². The Kier molecular flexibility index (Phi) is 16.5. The van der Waals surface area contributed by atoms with Crippen molar-refractivity contribution < 1.29 is 28.4 Å². The molecule has 42 heavy (non-hydrogen) atoms. The predicted octanol–water partition coefficient (Wildman–Crippen LogP) is 8.88. The highest BCUT2D eigenvalue weighted by atomic mass is 16.5. The molecule has 0 aliphatic heterocycles. The zero-order valence-electron chi connectivity index (χ0n) is 29.9. The van der Waals surface area contributed by atoms with Gasteiger partial charge in [-0.1, -0.05) is 25.2 Å². The molecule has 0 rings (SSSR count). The number of hydrogen-bond acceptors (Lipinski definition) is 6. The maximum atomic E-state index is 6.61. The van der Waals surface area contributed by atoms with Gasteiger partial charge in [0.05, 0.1) is 73.2 Å². The molecule has 0 aromatic carbocycles. The maximum Gasteiger partial charge on any atom is 0.0803 e. The molecule has 0 bridgehead atoms. The molecule has 0 aliphatic rings. The van der Waals surface area contributed by atoms with Gasteiger partial charge in [-0.3, -0.25) is 0 Å². The van der Waals surface area contributed by atoms with Crippen LogP contribution in [0.25, 0.3) is 0 Å². The van der Waals surface area contributed by atoms with E-state index in [0.717, 1.165) is 25.7 Å². The van der Waals surface area contributed by atoms with E-state index in [-0.39, 0.29) is 39.0 Å². The second kappa shape index (κ2) is 16.9. The van der Waals surface area contributed by atoms with E-state index in [2.05, 4.69) is 68.2 Å². The minimum absolute atomic E-state index is 0.338. The Morgan fingerprint density at radius 1 is 0.429 bits per heavy atom. The summed E-state index contributed by atoms with van der Waals surface area (Å²) < 4.78 is 37.9. The molecule has 6 nitrogen and oxygen atoms in total.